The molecule has 1 rings (SSSR count). The van der Waals surface area contributed by atoms with E-state index in [-0.39, 0.29) is 5.82 Å². The molecule has 0 aliphatic heterocycles. The SMILES string of the molecule is CC.CSC(C)(C#N)c1ccc(F)cc1. The van der Waals surface area contributed by atoms with Crippen LogP contribution in [0.15, 0.2) is 24.3 Å². The smallest absolute Gasteiger partial charge is 0.124 e. The molecule has 1 aromatic rings. The zero-order chi connectivity index (χ0) is 11.9. The largest absolute Gasteiger partial charge is 0.207 e. The van der Waals surface area contributed by atoms with Gasteiger partial charge in [-0.15, -0.1) is 11.8 Å². The van der Waals surface area contributed by atoms with E-state index in [1.807, 2.05) is 27.0 Å². The summed E-state index contributed by atoms with van der Waals surface area (Å²) in [4.78, 5) is 0. The Morgan fingerprint density at radius 1 is 1.27 bits per heavy atom. The quantitative estimate of drug-likeness (QED) is 0.760. The number of hydrogen-bond donors (Lipinski definition) is 0. The van der Waals surface area contributed by atoms with Gasteiger partial charge in [-0.1, -0.05) is 26.0 Å². The maximum Gasteiger partial charge on any atom is 0.124 e. The molecule has 0 fully saturated rings. The number of halogens is 1. The van der Waals surface area contributed by atoms with Crippen LogP contribution >= 0.6 is 11.8 Å². The maximum absolute atomic E-state index is 12.6. The van der Waals surface area contributed by atoms with Gasteiger partial charge in [0, 0.05) is 0 Å². The first-order valence-electron chi connectivity index (χ1n) is 4.85. The van der Waals surface area contributed by atoms with E-state index in [0.717, 1.165) is 5.56 Å². The molecule has 0 aromatic heterocycles. The maximum atomic E-state index is 12.6. The lowest BCUT2D eigenvalue weighted by atomic mass is 10.0. The van der Waals surface area contributed by atoms with Crippen LogP contribution in [0.3, 0.4) is 0 Å². The second-order valence-electron chi connectivity index (χ2n) is 2.86. The minimum absolute atomic E-state index is 0.273. The molecule has 15 heavy (non-hydrogen) atoms. The van der Waals surface area contributed by atoms with E-state index in [9.17, 15) is 4.39 Å². The van der Waals surface area contributed by atoms with Crippen molar-refractivity contribution < 1.29 is 4.39 Å². The summed E-state index contributed by atoms with van der Waals surface area (Å²) in [6.45, 7) is 5.82. The Hall–Kier alpha value is -1.01. The summed E-state index contributed by atoms with van der Waals surface area (Å²) in [5, 5.41) is 8.94. The lowest BCUT2D eigenvalue weighted by Crippen LogP contribution is -2.13. The molecule has 0 aliphatic rings. The summed E-state index contributed by atoms with van der Waals surface area (Å²) < 4.78 is 12.0. The molecule has 0 spiro atoms. The van der Waals surface area contributed by atoms with E-state index in [0.29, 0.717) is 0 Å². The van der Waals surface area contributed by atoms with Crippen molar-refractivity contribution in [3.63, 3.8) is 0 Å². The summed E-state index contributed by atoms with van der Waals surface area (Å²) in [6, 6.07) is 8.25. The molecule has 82 valence electrons. The van der Waals surface area contributed by atoms with Crippen molar-refractivity contribution in [1.82, 2.24) is 0 Å². The molecule has 1 aromatic carbocycles. The highest BCUT2D eigenvalue weighted by Crippen LogP contribution is 2.33. The Labute approximate surface area is 95.3 Å². The lowest BCUT2D eigenvalue weighted by molar-refractivity contribution is 0.626. The van der Waals surface area contributed by atoms with Crippen LogP contribution in [0.25, 0.3) is 0 Å². The van der Waals surface area contributed by atoms with Gasteiger partial charge in [0.2, 0.25) is 0 Å². The minimum Gasteiger partial charge on any atom is -0.207 e. The lowest BCUT2D eigenvalue weighted by Gasteiger charge is -2.18. The van der Waals surface area contributed by atoms with Gasteiger partial charge in [-0.25, -0.2) is 4.39 Å². The van der Waals surface area contributed by atoms with Crippen molar-refractivity contribution in [3.05, 3.63) is 35.6 Å². The van der Waals surface area contributed by atoms with Crippen molar-refractivity contribution >= 4 is 11.8 Å². The van der Waals surface area contributed by atoms with Gasteiger partial charge in [0.15, 0.2) is 0 Å². The first kappa shape index (κ1) is 14.0. The molecular formula is C12H16FNS. The molecule has 3 heteroatoms. The fraction of sp³-hybridized carbons (Fsp3) is 0.417. The third-order valence-corrected chi connectivity index (χ3v) is 3.16. The number of benzene rings is 1. The van der Waals surface area contributed by atoms with Gasteiger partial charge in [0.25, 0.3) is 0 Å². The fourth-order valence-corrected chi connectivity index (χ4v) is 1.46. The van der Waals surface area contributed by atoms with Gasteiger partial charge in [0.1, 0.15) is 10.6 Å². The Morgan fingerprint density at radius 3 is 2.07 bits per heavy atom. The van der Waals surface area contributed by atoms with Gasteiger partial charge in [0.05, 0.1) is 6.07 Å². The Balaban J connectivity index is 0.000000921. The van der Waals surface area contributed by atoms with E-state index in [1.54, 1.807) is 12.1 Å². The zero-order valence-corrected chi connectivity index (χ0v) is 10.4. The minimum atomic E-state index is -0.576. The summed E-state index contributed by atoms with van der Waals surface area (Å²) >= 11 is 1.45. The summed E-state index contributed by atoms with van der Waals surface area (Å²) in [7, 11) is 0. The number of hydrogen-bond acceptors (Lipinski definition) is 2. The van der Waals surface area contributed by atoms with Gasteiger partial charge in [-0.3, -0.25) is 0 Å². The molecule has 0 radical (unpaired) electrons. The van der Waals surface area contributed by atoms with Gasteiger partial charge >= 0.3 is 0 Å². The predicted octanol–water partition coefficient (Wildman–Crippen LogP) is 3.95. The summed E-state index contributed by atoms with van der Waals surface area (Å²) in [6.07, 6.45) is 1.87. The standard InChI is InChI=1S/C10H10FNS.C2H6/c1-10(7-12,13-2)8-3-5-9(11)6-4-8;1-2/h3-6H,1-2H3;1-2H3. The average molecular weight is 225 g/mol. The van der Waals surface area contributed by atoms with E-state index in [4.69, 9.17) is 5.26 Å². The zero-order valence-electron chi connectivity index (χ0n) is 9.54. The van der Waals surface area contributed by atoms with Crippen LogP contribution in [-0.4, -0.2) is 6.26 Å². The molecule has 0 saturated heterocycles. The molecule has 0 saturated carbocycles. The topological polar surface area (TPSA) is 23.8 Å². The molecular weight excluding hydrogens is 209 g/mol. The Morgan fingerprint density at radius 2 is 1.73 bits per heavy atom. The molecule has 0 bridgehead atoms. The molecule has 0 amide bonds. The third-order valence-electron chi connectivity index (χ3n) is 2.02. The first-order chi connectivity index (χ1) is 7.12. The van der Waals surface area contributed by atoms with Gasteiger partial charge in [-0.05, 0) is 30.9 Å². The summed E-state index contributed by atoms with van der Waals surface area (Å²) in [5.41, 5.74) is 0.837. The predicted molar refractivity (Wildman–Crippen MR) is 64.2 cm³/mol. The average Bonchev–Trinajstić information content (AvgIpc) is 2.31. The highest BCUT2D eigenvalue weighted by Gasteiger charge is 2.24. The van der Waals surface area contributed by atoms with Crippen molar-refractivity contribution in [2.45, 2.75) is 25.5 Å². The fourth-order valence-electron chi connectivity index (χ4n) is 0.996. The number of thioether (sulfide) groups is 1. The van der Waals surface area contributed by atoms with E-state index in [2.05, 4.69) is 6.07 Å². The van der Waals surface area contributed by atoms with Crippen LogP contribution in [-0.2, 0) is 4.75 Å². The van der Waals surface area contributed by atoms with Gasteiger partial charge < -0.3 is 0 Å². The van der Waals surface area contributed by atoms with Crippen LogP contribution < -0.4 is 0 Å². The molecule has 1 atom stereocenters. The number of rotatable bonds is 2. The van der Waals surface area contributed by atoms with Crippen molar-refractivity contribution in [2.24, 2.45) is 0 Å². The second-order valence-corrected chi connectivity index (χ2v) is 4.08. The summed E-state index contributed by atoms with van der Waals surface area (Å²) in [5.74, 6) is -0.273. The van der Waals surface area contributed by atoms with E-state index >= 15 is 0 Å². The third kappa shape index (κ3) is 3.56. The highest BCUT2D eigenvalue weighted by molar-refractivity contribution is 7.99. The Kier molecular flexibility index (Phi) is 6.03. The van der Waals surface area contributed by atoms with Crippen LogP contribution in [0, 0.1) is 17.1 Å². The molecule has 0 aliphatic carbocycles. The highest BCUT2D eigenvalue weighted by atomic mass is 32.2. The molecule has 1 unspecified atom stereocenters. The van der Waals surface area contributed by atoms with Crippen molar-refractivity contribution in [2.75, 3.05) is 6.26 Å². The van der Waals surface area contributed by atoms with Crippen LogP contribution in [0.1, 0.15) is 26.3 Å². The van der Waals surface area contributed by atoms with E-state index in [1.165, 1.54) is 23.9 Å². The number of nitriles is 1. The Bertz CT molecular complexity index is 328. The second kappa shape index (κ2) is 6.47. The van der Waals surface area contributed by atoms with Crippen LogP contribution in [0.4, 0.5) is 4.39 Å². The molecule has 1 nitrogen and oxygen atoms in total. The van der Waals surface area contributed by atoms with Crippen molar-refractivity contribution in [3.8, 4) is 6.07 Å². The normalized spacial score (nSPS) is 13.1. The van der Waals surface area contributed by atoms with E-state index < -0.39 is 4.75 Å². The monoisotopic (exact) mass is 225 g/mol. The number of nitrogens with zero attached hydrogens (tertiary/aromatic N) is 1. The van der Waals surface area contributed by atoms with Crippen LogP contribution in [0.5, 0.6) is 0 Å². The molecule has 0 heterocycles. The van der Waals surface area contributed by atoms with Crippen molar-refractivity contribution in [1.29, 1.82) is 5.26 Å². The first-order valence-corrected chi connectivity index (χ1v) is 6.07. The van der Waals surface area contributed by atoms with Crippen LogP contribution in [0.2, 0.25) is 0 Å². The molecule has 0 N–H and O–H groups in total. The van der Waals surface area contributed by atoms with Gasteiger partial charge in [-0.2, -0.15) is 5.26 Å².